The zero-order chi connectivity index (χ0) is 19.9. The van der Waals surface area contributed by atoms with Gasteiger partial charge in [0.1, 0.15) is 6.61 Å². The number of carbonyl (C=O) groups is 2. The second-order valence-electron chi connectivity index (χ2n) is 6.18. The monoisotopic (exact) mass is 384 g/mol. The molecule has 0 unspecified atom stereocenters. The second kappa shape index (κ2) is 9.12. The van der Waals surface area contributed by atoms with Crippen LogP contribution in [-0.4, -0.2) is 38.4 Å². The minimum atomic E-state index is -0.419. The van der Waals surface area contributed by atoms with Gasteiger partial charge in [0.2, 0.25) is 0 Å². The molecule has 3 rings (SSSR count). The van der Waals surface area contributed by atoms with Crippen LogP contribution in [0.2, 0.25) is 0 Å². The normalized spacial score (nSPS) is 13.2. The van der Waals surface area contributed by atoms with Crippen molar-refractivity contribution in [2.75, 3.05) is 36.6 Å². The molecule has 1 aliphatic heterocycles. The standard InChI is InChI=1S/C21H24N2O5/c1-3-12-27-18-10-9-15(14-19(18)26-4-2)20(24)22-16-7-5-6-8-17(16)23-11-13-28-21(23)25/h5-10,14H,3-4,11-13H2,1-2H3,(H,22,24). The summed E-state index contributed by atoms with van der Waals surface area (Å²) in [6.45, 7) is 5.72. The lowest BCUT2D eigenvalue weighted by atomic mass is 10.1. The molecule has 2 amide bonds. The van der Waals surface area contributed by atoms with Crippen molar-refractivity contribution in [1.82, 2.24) is 0 Å². The van der Waals surface area contributed by atoms with Gasteiger partial charge < -0.3 is 19.5 Å². The lowest BCUT2D eigenvalue weighted by Crippen LogP contribution is -2.25. The minimum Gasteiger partial charge on any atom is -0.490 e. The summed E-state index contributed by atoms with van der Waals surface area (Å²) in [5, 5.41) is 2.87. The maximum absolute atomic E-state index is 12.8. The van der Waals surface area contributed by atoms with E-state index in [4.69, 9.17) is 14.2 Å². The number of amides is 2. The van der Waals surface area contributed by atoms with Crippen molar-refractivity contribution < 1.29 is 23.8 Å². The van der Waals surface area contributed by atoms with Gasteiger partial charge >= 0.3 is 6.09 Å². The Bertz CT molecular complexity index is 852. The molecule has 0 aliphatic carbocycles. The van der Waals surface area contributed by atoms with E-state index in [2.05, 4.69) is 5.32 Å². The van der Waals surface area contributed by atoms with Gasteiger partial charge in [0.15, 0.2) is 11.5 Å². The molecule has 2 aromatic carbocycles. The summed E-state index contributed by atoms with van der Waals surface area (Å²) in [5.41, 5.74) is 1.58. The predicted octanol–water partition coefficient (Wildman–Crippen LogP) is 4.08. The Morgan fingerprint density at radius 2 is 1.96 bits per heavy atom. The molecule has 1 fully saturated rings. The number of rotatable bonds is 8. The summed E-state index contributed by atoms with van der Waals surface area (Å²) >= 11 is 0. The van der Waals surface area contributed by atoms with Crippen LogP contribution < -0.4 is 19.7 Å². The quantitative estimate of drug-likeness (QED) is 0.742. The molecule has 1 heterocycles. The highest BCUT2D eigenvalue weighted by atomic mass is 16.6. The molecule has 7 nitrogen and oxygen atoms in total. The third-order valence-electron chi connectivity index (χ3n) is 4.17. The van der Waals surface area contributed by atoms with Crippen LogP contribution in [0.4, 0.5) is 16.2 Å². The highest BCUT2D eigenvalue weighted by Crippen LogP contribution is 2.31. The fourth-order valence-electron chi connectivity index (χ4n) is 2.87. The van der Waals surface area contributed by atoms with Crippen molar-refractivity contribution >= 4 is 23.4 Å². The summed E-state index contributed by atoms with van der Waals surface area (Å²) in [4.78, 5) is 26.2. The van der Waals surface area contributed by atoms with E-state index in [1.807, 2.05) is 19.9 Å². The molecule has 1 N–H and O–H groups in total. The van der Waals surface area contributed by atoms with E-state index >= 15 is 0 Å². The van der Waals surface area contributed by atoms with Gasteiger partial charge in [-0.05, 0) is 43.7 Å². The summed E-state index contributed by atoms with van der Waals surface area (Å²) < 4.78 is 16.3. The first kappa shape index (κ1) is 19.5. The van der Waals surface area contributed by atoms with Crippen LogP contribution >= 0.6 is 0 Å². The van der Waals surface area contributed by atoms with Crippen molar-refractivity contribution in [2.45, 2.75) is 20.3 Å². The largest absolute Gasteiger partial charge is 0.490 e. The van der Waals surface area contributed by atoms with Crippen molar-refractivity contribution in [2.24, 2.45) is 0 Å². The van der Waals surface area contributed by atoms with Crippen LogP contribution in [0, 0.1) is 0 Å². The van der Waals surface area contributed by atoms with Gasteiger partial charge in [-0.25, -0.2) is 4.79 Å². The first-order valence-electron chi connectivity index (χ1n) is 9.38. The Balaban J connectivity index is 1.82. The molecule has 0 spiro atoms. The maximum atomic E-state index is 12.8. The van der Waals surface area contributed by atoms with E-state index in [0.717, 1.165) is 6.42 Å². The molecule has 0 bridgehead atoms. The summed E-state index contributed by atoms with van der Waals surface area (Å²) in [6.07, 6.45) is 0.460. The van der Waals surface area contributed by atoms with Gasteiger partial charge in [0.05, 0.1) is 31.1 Å². The molecule has 148 valence electrons. The van der Waals surface area contributed by atoms with Gasteiger partial charge in [0.25, 0.3) is 5.91 Å². The topological polar surface area (TPSA) is 77.1 Å². The highest BCUT2D eigenvalue weighted by Gasteiger charge is 2.26. The molecular weight excluding hydrogens is 360 g/mol. The summed E-state index contributed by atoms with van der Waals surface area (Å²) in [7, 11) is 0. The zero-order valence-corrected chi connectivity index (χ0v) is 16.1. The van der Waals surface area contributed by atoms with Crippen LogP contribution in [0.25, 0.3) is 0 Å². The molecule has 0 radical (unpaired) electrons. The van der Waals surface area contributed by atoms with Gasteiger partial charge in [-0.15, -0.1) is 0 Å². The molecule has 1 saturated heterocycles. The molecule has 0 saturated carbocycles. The van der Waals surface area contributed by atoms with Crippen molar-refractivity contribution in [3.05, 3.63) is 48.0 Å². The fourth-order valence-corrected chi connectivity index (χ4v) is 2.87. The van der Waals surface area contributed by atoms with E-state index in [0.29, 0.717) is 54.8 Å². The average molecular weight is 384 g/mol. The van der Waals surface area contributed by atoms with Crippen LogP contribution in [0.5, 0.6) is 11.5 Å². The highest BCUT2D eigenvalue weighted by molar-refractivity contribution is 6.07. The van der Waals surface area contributed by atoms with Crippen LogP contribution in [0.15, 0.2) is 42.5 Å². The van der Waals surface area contributed by atoms with Crippen molar-refractivity contribution in [3.63, 3.8) is 0 Å². The van der Waals surface area contributed by atoms with Gasteiger partial charge in [-0.2, -0.15) is 0 Å². The number of cyclic esters (lactones) is 1. The smallest absolute Gasteiger partial charge is 0.414 e. The number of hydrogen-bond donors (Lipinski definition) is 1. The van der Waals surface area contributed by atoms with E-state index < -0.39 is 6.09 Å². The number of hydrogen-bond acceptors (Lipinski definition) is 5. The number of benzene rings is 2. The fraction of sp³-hybridized carbons (Fsp3) is 0.333. The zero-order valence-electron chi connectivity index (χ0n) is 16.1. The molecule has 0 aromatic heterocycles. The number of nitrogens with zero attached hydrogens (tertiary/aromatic N) is 1. The molecule has 0 atom stereocenters. The van der Waals surface area contributed by atoms with E-state index in [1.54, 1.807) is 36.4 Å². The Morgan fingerprint density at radius 1 is 1.14 bits per heavy atom. The Labute approximate surface area is 164 Å². The van der Waals surface area contributed by atoms with Gasteiger partial charge in [0, 0.05) is 5.56 Å². The average Bonchev–Trinajstić information content (AvgIpc) is 3.13. The van der Waals surface area contributed by atoms with E-state index in [9.17, 15) is 9.59 Å². The number of para-hydroxylation sites is 2. The van der Waals surface area contributed by atoms with Crippen LogP contribution in [0.1, 0.15) is 30.6 Å². The maximum Gasteiger partial charge on any atom is 0.414 e. The minimum absolute atomic E-state index is 0.303. The van der Waals surface area contributed by atoms with Crippen LogP contribution in [-0.2, 0) is 4.74 Å². The Hall–Kier alpha value is -3.22. The predicted molar refractivity (Wildman–Crippen MR) is 106 cm³/mol. The third-order valence-corrected chi connectivity index (χ3v) is 4.17. The van der Waals surface area contributed by atoms with Crippen molar-refractivity contribution in [1.29, 1.82) is 0 Å². The Morgan fingerprint density at radius 3 is 2.68 bits per heavy atom. The lowest BCUT2D eigenvalue weighted by Gasteiger charge is -2.18. The second-order valence-corrected chi connectivity index (χ2v) is 6.18. The third kappa shape index (κ3) is 4.36. The van der Waals surface area contributed by atoms with E-state index in [1.165, 1.54) is 4.90 Å². The van der Waals surface area contributed by atoms with Crippen molar-refractivity contribution in [3.8, 4) is 11.5 Å². The van der Waals surface area contributed by atoms with E-state index in [-0.39, 0.29) is 5.91 Å². The molecule has 7 heteroatoms. The summed E-state index contributed by atoms with van der Waals surface area (Å²) in [6, 6.07) is 12.2. The molecule has 28 heavy (non-hydrogen) atoms. The van der Waals surface area contributed by atoms with Crippen LogP contribution in [0.3, 0.4) is 0 Å². The molecule has 2 aromatic rings. The molecular formula is C21H24N2O5. The SMILES string of the molecule is CCCOc1ccc(C(=O)Nc2ccccc2N2CCOC2=O)cc1OCC. The molecule has 1 aliphatic rings. The van der Waals surface area contributed by atoms with Gasteiger partial charge in [-0.3, -0.25) is 9.69 Å². The van der Waals surface area contributed by atoms with Gasteiger partial charge in [-0.1, -0.05) is 19.1 Å². The Kier molecular flexibility index (Phi) is 6.37. The first-order valence-corrected chi connectivity index (χ1v) is 9.38. The number of ether oxygens (including phenoxy) is 3. The first-order chi connectivity index (χ1) is 13.6. The summed E-state index contributed by atoms with van der Waals surface area (Å²) in [5.74, 6) is 0.837. The number of carbonyl (C=O) groups excluding carboxylic acids is 2. The number of anilines is 2. The lowest BCUT2D eigenvalue weighted by molar-refractivity contribution is 0.102. The number of nitrogens with one attached hydrogen (secondary N) is 1.